The first-order chi connectivity index (χ1) is 12.6. The SMILES string of the molecule is O=S(=O)(NCCc1nc(-c2cccnc2)cs1)c1ccc2c(c1)OCO2. The number of ether oxygens (including phenoxy) is 2. The summed E-state index contributed by atoms with van der Waals surface area (Å²) in [4.78, 5) is 8.75. The minimum Gasteiger partial charge on any atom is -0.454 e. The molecule has 0 bridgehead atoms. The molecule has 2 aromatic heterocycles. The van der Waals surface area contributed by atoms with Gasteiger partial charge >= 0.3 is 0 Å². The van der Waals surface area contributed by atoms with Crippen molar-refractivity contribution in [2.75, 3.05) is 13.3 Å². The van der Waals surface area contributed by atoms with Crippen LogP contribution in [0.25, 0.3) is 11.3 Å². The second kappa shape index (κ2) is 7.02. The number of thiazole rings is 1. The molecule has 0 aliphatic carbocycles. The van der Waals surface area contributed by atoms with E-state index in [9.17, 15) is 8.42 Å². The van der Waals surface area contributed by atoms with Gasteiger partial charge < -0.3 is 9.47 Å². The molecule has 1 aliphatic heterocycles. The monoisotopic (exact) mass is 389 g/mol. The van der Waals surface area contributed by atoms with Crippen molar-refractivity contribution in [2.45, 2.75) is 11.3 Å². The van der Waals surface area contributed by atoms with Gasteiger partial charge in [0.05, 0.1) is 15.6 Å². The molecule has 4 rings (SSSR count). The minimum atomic E-state index is -3.62. The van der Waals surface area contributed by atoms with Crippen molar-refractivity contribution < 1.29 is 17.9 Å². The lowest BCUT2D eigenvalue weighted by Gasteiger charge is -2.06. The van der Waals surface area contributed by atoms with E-state index in [4.69, 9.17) is 9.47 Å². The van der Waals surface area contributed by atoms with E-state index in [1.165, 1.54) is 23.5 Å². The van der Waals surface area contributed by atoms with Gasteiger partial charge in [0.15, 0.2) is 11.5 Å². The number of hydrogen-bond acceptors (Lipinski definition) is 7. The van der Waals surface area contributed by atoms with Crippen LogP contribution in [0.15, 0.2) is 53.0 Å². The average Bonchev–Trinajstić information content (AvgIpc) is 3.31. The number of nitrogens with zero attached hydrogens (tertiary/aromatic N) is 2. The molecule has 0 radical (unpaired) electrons. The minimum absolute atomic E-state index is 0.107. The third kappa shape index (κ3) is 3.55. The highest BCUT2D eigenvalue weighted by molar-refractivity contribution is 7.89. The van der Waals surface area contributed by atoms with Gasteiger partial charge in [0.25, 0.3) is 0 Å². The molecule has 0 saturated heterocycles. The number of rotatable bonds is 6. The zero-order chi connectivity index (χ0) is 18.0. The predicted octanol–water partition coefficient (Wildman–Crippen LogP) is 2.45. The van der Waals surface area contributed by atoms with Gasteiger partial charge in [-0.1, -0.05) is 0 Å². The van der Waals surface area contributed by atoms with Crippen LogP contribution in [0.4, 0.5) is 0 Å². The van der Waals surface area contributed by atoms with E-state index in [0.717, 1.165) is 16.3 Å². The molecule has 0 unspecified atom stereocenters. The summed E-state index contributed by atoms with van der Waals surface area (Å²) in [5, 5.41) is 2.80. The summed E-state index contributed by atoms with van der Waals surface area (Å²) < 4.78 is 37.8. The van der Waals surface area contributed by atoms with Crippen molar-refractivity contribution in [2.24, 2.45) is 0 Å². The van der Waals surface area contributed by atoms with Crippen LogP contribution >= 0.6 is 11.3 Å². The standard InChI is InChI=1S/C17H15N3O4S2/c21-26(22,13-3-4-15-16(8-13)24-11-23-15)19-7-5-17-20-14(10-25-17)12-2-1-6-18-9-12/h1-4,6,8-10,19H,5,7,11H2. The largest absolute Gasteiger partial charge is 0.454 e. The van der Waals surface area contributed by atoms with E-state index in [0.29, 0.717) is 17.9 Å². The lowest BCUT2D eigenvalue weighted by atomic mass is 10.2. The van der Waals surface area contributed by atoms with Crippen LogP contribution in [0.2, 0.25) is 0 Å². The molecule has 1 aliphatic rings. The number of pyridine rings is 1. The van der Waals surface area contributed by atoms with Gasteiger partial charge in [-0.25, -0.2) is 18.1 Å². The van der Waals surface area contributed by atoms with Crippen LogP contribution in [0.5, 0.6) is 11.5 Å². The van der Waals surface area contributed by atoms with E-state index in [-0.39, 0.29) is 18.2 Å². The number of hydrogen-bond donors (Lipinski definition) is 1. The number of fused-ring (bicyclic) bond motifs is 1. The van der Waals surface area contributed by atoms with E-state index >= 15 is 0 Å². The fraction of sp³-hybridized carbons (Fsp3) is 0.176. The molecule has 0 fully saturated rings. The first kappa shape index (κ1) is 17.0. The molecule has 0 amide bonds. The van der Waals surface area contributed by atoms with Crippen LogP contribution in [-0.4, -0.2) is 31.7 Å². The van der Waals surface area contributed by atoms with Crippen molar-refractivity contribution in [1.82, 2.24) is 14.7 Å². The summed E-state index contributed by atoms with van der Waals surface area (Å²) in [5.74, 6) is 0.989. The van der Waals surface area contributed by atoms with Gasteiger partial charge in [0, 0.05) is 42.4 Å². The Morgan fingerprint density at radius 3 is 2.92 bits per heavy atom. The molecule has 9 heteroatoms. The fourth-order valence-electron chi connectivity index (χ4n) is 2.49. The van der Waals surface area contributed by atoms with Gasteiger partial charge in [0.2, 0.25) is 16.8 Å². The summed E-state index contributed by atoms with van der Waals surface area (Å²) in [7, 11) is -3.62. The van der Waals surface area contributed by atoms with Gasteiger partial charge in [-0.05, 0) is 24.3 Å². The van der Waals surface area contributed by atoms with Crippen molar-refractivity contribution in [3.63, 3.8) is 0 Å². The molecule has 7 nitrogen and oxygen atoms in total. The van der Waals surface area contributed by atoms with Gasteiger partial charge in [-0.15, -0.1) is 11.3 Å². The normalized spacial score (nSPS) is 13.1. The number of benzene rings is 1. The maximum Gasteiger partial charge on any atom is 0.240 e. The Morgan fingerprint density at radius 2 is 2.08 bits per heavy atom. The zero-order valence-corrected chi connectivity index (χ0v) is 15.2. The van der Waals surface area contributed by atoms with Gasteiger partial charge in [0.1, 0.15) is 0 Å². The summed E-state index contributed by atoms with van der Waals surface area (Å²) in [6.45, 7) is 0.367. The Bertz CT molecular complexity index is 1020. The van der Waals surface area contributed by atoms with Crippen LogP contribution in [0.1, 0.15) is 5.01 Å². The molecule has 0 spiro atoms. The Morgan fingerprint density at radius 1 is 1.19 bits per heavy atom. The van der Waals surface area contributed by atoms with Crippen LogP contribution in [0, 0.1) is 0 Å². The summed E-state index contributed by atoms with van der Waals surface area (Å²) in [6.07, 6.45) is 3.97. The first-order valence-corrected chi connectivity index (χ1v) is 10.2. The van der Waals surface area contributed by atoms with Crippen molar-refractivity contribution >= 4 is 21.4 Å². The van der Waals surface area contributed by atoms with Crippen molar-refractivity contribution in [1.29, 1.82) is 0 Å². The van der Waals surface area contributed by atoms with Crippen LogP contribution < -0.4 is 14.2 Å². The molecule has 26 heavy (non-hydrogen) atoms. The molecule has 1 N–H and O–H groups in total. The first-order valence-electron chi connectivity index (χ1n) is 7.86. The number of sulfonamides is 1. The van der Waals surface area contributed by atoms with Gasteiger partial charge in [-0.3, -0.25) is 4.98 Å². The second-order valence-corrected chi connectivity index (χ2v) is 8.24. The Kier molecular flexibility index (Phi) is 4.58. The van der Waals surface area contributed by atoms with E-state index in [1.807, 2.05) is 17.5 Å². The maximum absolute atomic E-state index is 12.4. The smallest absolute Gasteiger partial charge is 0.240 e. The van der Waals surface area contributed by atoms with Gasteiger partial charge in [-0.2, -0.15) is 0 Å². The number of nitrogens with one attached hydrogen (secondary N) is 1. The topological polar surface area (TPSA) is 90.4 Å². The predicted molar refractivity (Wildman–Crippen MR) is 96.8 cm³/mol. The molecule has 3 aromatic rings. The van der Waals surface area contributed by atoms with Crippen LogP contribution in [-0.2, 0) is 16.4 Å². The lowest BCUT2D eigenvalue weighted by molar-refractivity contribution is 0.174. The summed E-state index contributed by atoms with van der Waals surface area (Å²) in [6, 6.07) is 8.36. The van der Waals surface area contributed by atoms with Crippen molar-refractivity contribution in [3.05, 3.63) is 53.1 Å². The Hall–Kier alpha value is -2.49. The molecular formula is C17H15N3O4S2. The third-order valence-corrected chi connectivity index (χ3v) is 6.16. The molecule has 0 saturated carbocycles. The fourth-order valence-corrected chi connectivity index (χ4v) is 4.35. The van der Waals surface area contributed by atoms with E-state index < -0.39 is 10.0 Å². The zero-order valence-electron chi connectivity index (χ0n) is 13.6. The van der Waals surface area contributed by atoms with E-state index in [1.54, 1.807) is 18.5 Å². The molecular weight excluding hydrogens is 374 g/mol. The second-order valence-electron chi connectivity index (χ2n) is 5.53. The Labute approximate surface area is 154 Å². The maximum atomic E-state index is 12.4. The quantitative estimate of drug-likeness (QED) is 0.696. The summed E-state index contributed by atoms with van der Waals surface area (Å²) in [5.41, 5.74) is 1.78. The molecule has 1 aromatic carbocycles. The third-order valence-electron chi connectivity index (χ3n) is 3.79. The molecule has 0 atom stereocenters. The lowest BCUT2D eigenvalue weighted by Crippen LogP contribution is -2.25. The van der Waals surface area contributed by atoms with Crippen LogP contribution in [0.3, 0.4) is 0 Å². The highest BCUT2D eigenvalue weighted by Gasteiger charge is 2.20. The highest BCUT2D eigenvalue weighted by atomic mass is 32.2. The molecule has 134 valence electrons. The Balaban J connectivity index is 1.39. The summed E-state index contributed by atoms with van der Waals surface area (Å²) >= 11 is 1.50. The average molecular weight is 389 g/mol. The highest BCUT2D eigenvalue weighted by Crippen LogP contribution is 2.33. The van der Waals surface area contributed by atoms with Crippen molar-refractivity contribution in [3.8, 4) is 22.8 Å². The molecule has 3 heterocycles. The number of aromatic nitrogens is 2. The van der Waals surface area contributed by atoms with E-state index in [2.05, 4.69) is 14.7 Å².